The van der Waals surface area contributed by atoms with Gasteiger partial charge in [0.25, 0.3) is 0 Å². The summed E-state index contributed by atoms with van der Waals surface area (Å²) >= 11 is 0. The molecule has 7 heteroatoms. The maximum absolute atomic E-state index is 11.8. The van der Waals surface area contributed by atoms with Gasteiger partial charge < -0.3 is 0 Å². The fourth-order valence-corrected chi connectivity index (χ4v) is 1.33. The van der Waals surface area contributed by atoms with Crippen molar-refractivity contribution in [1.29, 1.82) is 0 Å². The average molecular weight is 230 g/mol. The van der Waals surface area contributed by atoms with E-state index in [1.807, 2.05) is 0 Å². The third kappa shape index (κ3) is 3.55. The van der Waals surface area contributed by atoms with Crippen LogP contribution < -0.4 is 0 Å². The molecular weight excluding hydrogens is 221 g/mol. The van der Waals surface area contributed by atoms with Crippen molar-refractivity contribution < 1.29 is 25.8 Å². The zero-order valence-electron chi connectivity index (χ0n) is 7.77. The highest BCUT2D eigenvalue weighted by atomic mass is 32.2. The maximum atomic E-state index is 11.8. The molecule has 0 aliphatic carbocycles. The van der Waals surface area contributed by atoms with Gasteiger partial charge >= 0.3 is 15.6 Å². The van der Waals surface area contributed by atoms with Crippen LogP contribution in [0.15, 0.2) is 0 Å². The van der Waals surface area contributed by atoms with E-state index in [1.165, 1.54) is 6.92 Å². The number of hydrogen-bond donors (Lipinski definition) is 0. The number of halogens is 3. The first-order valence-corrected chi connectivity index (χ1v) is 4.88. The van der Waals surface area contributed by atoms with Gasteiger partial charge in [-0.05, 0) is 20.8 Å². The first-order valence-electron chi connectivity index (χ1n) is 3.48. The lowest BCUT2D eigenvalue weighted by atomic mass is 10.1. The fourth-order valence-electron chi connectivity index (χ4n) is 0.643. The molecule has 0 saturated heterocycles. The van der Waals surface area contributed by atoms with Crippen LogP contribution in [0.3, 0.4) is 0 Å². The van der Waals surface area contributed by atoms with E-state index in [9.17, 15) is 21.6 Å². The fraction of sp³-hybridized carbons (Fsp3) is 0.714. The summed E-state index contributed by atoms with van der Waals surface area (Å²) < 4.78 is 60.5. The van der Waals surface area contributed by atoms with Gasteiger partial charge in [-0.2, -0.15) is 21.6 Å². The molecule has 0 aliphatic rings. The molecule has 3 nitrogen and oxygen atoms in total. The Balaban J connectivity index is 4.93. The second-order valence-electron chi connectivity index (χ2n) is 2.87. The summed E-state index contributed by atoms with van der Waals surface area (Å²) in [6, 6.07) is 0. The molecule has 0 aromatic heterocycles. The van der Waals surface area contributed by atoms with E-state index in [0.29, 0.717) is 0 Å². The van der Waals surface area contributed by atoms with Crippen LogP contribution in [0.25, 0.3) is 0 Å². The predicted octanol–water partition coefficient (Wildman–Crippen LogP) is 1.65. The minimum Gasteiger partial charge on any atom is -0.244 e. The van der Waals surface area contributed by atoms with Crippen LogP contribution in [0.2, 0.25) is 0 Å². The Hall–Kier alpha value is -0.740. The van der Waals surface area contributed by atoms with Gasteiger partial charge in [0.1, 0.15) is 5.60 Å². The van der Waals surface area contributed by atoms with Crippen LogP contribution in [-0.4, -0.2) is 19.5 Å². The minimum atomic E-state index is -5.58. The lowest BCUT2D eigenvalue weighted by molar-refractivity contribution is -0.0590. The van der Waals surface area contributed by atoms with Gasteiger partial charge in [-0.25, -0.2) is 4.18 Å². The summed E-state index contributed by atoms with van der Waals surface area (Å²) in [6.07, 6.45) is 0. The van der Waals surface area contributed by atoms with Gasteiger partial charge in [0.2, 0.25) is 0 Å². The summed E-state index contributed by atoms with van der Waals surface area (Å²) in [6.45, 7) is 3.63. The molecule has 0 N–H and O–H groups in total. The van der Waals surface area contributed by atoms with E-state index in [2.05, 4.69) is 16.0 Å². The third-order valence-corrected chi connectivity index (χ3v) is 2.23. The van der Waals surface area contributed by atoms with Gasteiger partial charge in [0, 0.05) is 0 Å². The molecular formula is C7H9F3O3S. The van der Waals surface area contributed by atoms with Crippen molar-refractivity contribution in [3.8, 4) is 11.8 Å². The summed E-state index contributed by atoms with van der Waals surface area (Å²) in [4.78, 5) is 0. The largest absolute Gasteiger partial charge is 0.523 e. The van der Waals surface area contributed by atoms with E-state index in [-0.39, 0.29) is 0 Å². The molecule has 0 aromatic carbocycles. The molecule has 0 saturated carbocycles. The van der Waals surface area contributed by atoms with Crippen molar-refractivity contribution in [2.75, 3.05) is 0 Å². The highest BCUT2D eigenvalue weighted by Crippen LogP contribution is 2.28. The Morgan fingerprint density at radius 1 is 1.21 bits per heavy atom. The summed E-state index contributed by atoms with van der Waals surface area (Å²) in [5.41, 5.74) is -7.09. The normalized spacial score (nSPS) is 13.3. The molecule has 0 amide bonds. The summed E-state index contributed by atoms with van der Waals surface area (Å²) in [5, 5.41) is 0. The summed E-state index contributed by atoms with van der Waals surface area (Å²) in [7, 11) is -5.58. The van der Waals surface area contributed by atoms with Gasteiger partial charge in [0.15, 0.2) is 0 Å². The Morgan fingerprint density at radius 3 is 1.93 bits per heavy atom. The molecule has 14 heavy (non-hydrogen) atoms. The zero-order chi connectivity index (χ0) is 11.6. The first kappa shape index (κ1) is 13.3. The molecule has 0 aromatic rings. The SMILES string of the molecule is CC#CC(C)(C)OS(=O)(=O)C(F)(F)F. The summed E-state index contributed by atoms with van der Waals surface area (Å²) in [5.74, 6) is 4.47. The molecule has 0 spiro atoms. The highest BCUT2D eigenvalue weighted by Gasteiger charge is 2.49. The Kier molecular flexibility index (Phi) is 3.59. The second-order valence-corrected chi connectivity index (χ2v) is 4.41. The molecule has 0 radical (unpaired) electrons. The van der Waals surface area contributed by atoms with Gasteiger partial charge in [-0.1, -0.05) is 5.92 Å². The zero-order valence-corrected chi connectivity index (χ0v) is 8.58. The minimum absolute atomic E-state index is 1.13. The van der Waals surface area contributed by atoms with E-state index in [0.717, 1.165) is 13.8 Å². The second kappa shape index (κ2) is 3.79. The van der Waals surface area contributed by atoms with Crippen molar-refractivity contribution in [2.24, 2.45) is 0 Å². The van der Waals surface area contributed by atoms with Crippen molar-refractivity contribution in [3.63, 3.8) is 0 Å². The van der Waals surface area contributed by atoms with Crippen LogP contribution in [0.5, 0.6) is 0 Å². The molecule has 0 heterocycles. The van der Waals surface area contributed by atoms with E-state index < -0.39 is 21.2 Å². The standard InChI is InChI=1S/C7H9F3O3S/c1-4-5-6(2,3)13-14(11,12)7(8,9)10/h1-3H3. The smallest absolute Gasteiger partial charge is 0.244 e. The molecule has 0 aliphatic heterocycles. The molecule has 0 bridgehead atoms. The first-order chi connectivity index (χ1) is 6.02. The number of hydrogen-bond acceptors (Lipinski definition) is 3. The topological polar surface area (TPSA) is 43.4 Å². The predicted molar refractivity (Wildman–Crippen MR) is 43.6 cm³/mol. The van der Waals surface area contributed by atoms with Crippen LogP contribution in [0.4, 0.5) is 13.2 Å². The maximum Gasteiger partial charge on any atom is 0.523 e. The van der Waals surface area contributed by atoms with E-state index >= 15 is 0 Å². The monoisotopic (exact) mass is 230 g/mol. The van der Waals surface area contributed by atoms with Crippen molar-refractivity contribution in [2.45, 2.75) is 31.9 Å². The average Bonchev–Trinajstić information content (AvgIpc) is 1.80. The molecule has 0 fully saturated rings. The Morgan fingerprint density at radius 2 is 1.64 bits per heavy atom. The van der Waals surface area contributed by atoms with E-state index in [1.54, 1.807) is 0 Å². The van der Waals surface area contributed by atoms with Gasteiger partial charge in [0.05, 0.1) is 0 Å². The molecule has 82 valence electrons. The number of alkyl halides is 3. The molecule has 0 rings (SSSR count). The number of rotatable bonds is 2. The molecule has 0 atom stereocenters. The lowest BCUT2D eigenvalue weighted by Gasteiger charge is -2.18. The Labute approximate surface area is 80.4 Å². The van der Waals surface area contributed by atoms with Crippen LogP contribution in [-0.2, 0) is 14.3 Å². The third-order valence-electron chi connectivity index (χ3n) is 1.03. The van der Waals surface area contributed by atoms with Gasteiger partial charge in [-0.3, -0.25) is 0 Å². The van der Waals surface area contributed by atoms with Crippen molar-refractivity contribution in [1.82, 2.24) is 0 Å². The lowest BCUT2D eigenvalue weighted by Crippen LogP contribution is -2.34. The van der Waals surface area contributed by atoms with Crippen LogP contribution in [0, 0.1) is 11.8 Å². The van der Waals surface area contributed by atoms with Crippen molar-refractivity contribution >= 4 is 10.1 Å². The Bertz CT molecular complexity index is 356. The molecule has 0 unspecified atom stereocenters. The van der Waals surface area contributed by atoms with E-state index in [4.69, 9.17) is 0 Å². The van der Waals surface area contributed by atoms with Crippen LogP contribution >= 0.6 is 0 Å². The van der Waals surface area contributed by atoms with Crippen molar-refractivity contribution in [3.05, 3.63) is 0 Å². The highest BCUT2D eigenvalue weighted by molar-refractivity contribution is 7.87. The quantitative estimate of drug-likeness (QED) is 0.411. The van der Waals surface area contributed by atoms with Gasteiger partial charge in [-0.15, -0.1) is 5.92 Å². The van der Waals surface area contributed by atoms with Crippen LogP contribution in [0.1, 0.15) is 20.8 Å².